The molecule has 1 aliphatic rings. The van der Waals surface area contributed by atoms with E-state index < -0.39 is 0 Å². The second kappa shape index (κ2) is 13.1. The van der Waals surface area contributed by atoms with Gasteiger partial charge in [0.1, 0.15) is 0 Å². The minimum atomic E-state index is -0.117. The van der Waals surface area contributed by atoms with E-state index in [2.05, 4.69) is 240 Å². The van der Waals surface area contributed by atoms with Gasteiger partial charge >= 0.3 is 0 Å². The van der Waals surface area contributed by atoms with Crippen molar-refractivity contribution >= 4 is 71.4 Å². The minimum absolute atomic E-state index is 0.117. The summed E-state index contributed by atoms with van der Waals surface area (Å²) in [5.74, 6) is 0. The fourth-order valence-electron chi connectivity index (χ4n) is 10.7. The van der Waals surface area contributed by atoms with E-state index in [1.165, 1.54) is 93.5 Å². The predicted molar refractivity (Wildman–Crippen MR) is 261 cm³/mol. The van der Waals surface area contributed by atoms with Gasteiger partial charge in [0.25, 0.3) is 0 Å². The summed E-state index contributed by atoms with van der Waals surface area (Å²) >= 11 is 0. The Balaban J connectivity index is 0.955. The van der Waals surface area contributed by atoms with Gasteiger partial charge in [0, 0.05) is 55.4 Å². The lowest BCUT2D eigenvalue weighted by Crippen LogP contribution is -2.16. The number of nitrogens with zero attached hydrogens (tertiary/aromatic N) is 3. The first-order valence-corrected chi connectivity index (χ1v) is 21.6. The first-order chi connectivity index (χ1) is 30.5. The summed E-state index contributed by atoms with van der Waals surface area (Å²) in [5, 5.41) is 7.70. The van der Waals surface area contributed by atoms with E-state index in [-0.39, 0.29) is 5.41 Å². The number of aromatic nitrogens is 2. The van der Waals surface area contributed by atoms with Gasteiger partial charge in [-0.1, -0.05) is 135 Å². The molecule has 10 aromatic carbocycles. The van der Waals surface area contributed by atoms with Crippen molar-refractivity contribution in [2.45, 2.75) is 19.3 Å². The summed E-state index contributed by atoms with van der Waals surface area (Å²) in [6.45, 7) is 4.72. The molecule has 2 aromatic heterocycles. The van der Waals surface area contributed by atoms with Crippen LogP contribution < -0.4 is 4.90 Å². The van der Waals surface area contributed by atoms with Crippen LogP contribution in [0.4, 0.5) is 17.1 Å². The van der Waals surface area contributed by atoms with Crippen LogP contribution in [0.3, 0.4) is 0 Å². The molecule has 0 saturated heterocycles. The van der Waals surface area contributed by atoms with Gasteiger partial charge in [-0.25, -0.2) is 0 Å². The van der Waals surface area contributed by atoms with Gasteiger partial charge in [-0.15, -0.1) is 0 Å². The quantitative estimate of drug-likeness (QED) is 0.153. The van der Waals surface area contributed by atoms with Gasteiger partial charge in [-0.05, 0) is 135 Å². The molecule has 0 bridgehead atoms. The number of para-hydroxylation sites is 3. The molecule has 2 heterocycles. The second-order valence-corrected chi connectivity index (χ2v) is 17.4. The largest absolute Gasteiger partial charge is 0.310 e. The molecule has 0 N–H and O–H groups in total. The zero-order valence-corrected chi connectivity index (χ0v) is 34.5. The SMILES string of the molecule is CC1(C)c2ccccc2-c2ccc(N(c3ccc(-c4cc5ccc6cccc7c6c5c(c4)n7-c4ccccc4)cc3)c3ccc(-n4c5ccccc5c5ccccc54)cc3)cc21. The Hall–Kier alpha value is -7.88. The maximum absolute atomic E-state index is 2.43. The monoisotopic (exact) mass is 791 g/mol. The lowest BCUT2D eigenvalue weighted by atomic mass is 9.82. The lowest BCUT2D eigenvalue weighted by Gasteiger charge is -2.28. The van der Waals surface area contributed by atoms with Crippen molar-refractivity contribution in [3.05, 3.63) is 223 Å². The van der Waals surface area contributed by atoms with E-state index in [9.17, 15) is 0 Å². The van der Waals surface area contributed by atoms with Crippen molar-refractivity contribution in [3.63, 3.8) is 0 Å². The Morgan fingerprint density at radius 2 is 0.919 bits per heavy atom. The number of benzene rings is 10. The topological polar surface area (TPSA) is 13.1 Å². The van der Waals surface area contributed by atoms with Crippen LogP contribution in [0.5, 0.6) is 0 Å². The molecule has 0 spiro atoms. The Labute approximate surface area is 360 Å². The maximum atomic E-state index is 2.43. The van der Waals surface area contributed by atoms with Crippen LogP contribution in [0.1, 0.15) is 25.0 Å². The molecule has 0 radical (unpaired) electrons. The minimum Gasteiger partial charge on any atom is -0.310 e. The van der Waals surface area contributed by atoms with Gasteiger partial charge in [-0.2, -0.15) is 0 Å². The van der Waals surface area contributed by atoms with Crippen molar-refractivity contribution in [3.8, 4) is 33.6 Å². The Morgan fingerprint density at radius 1 is 0.355 bits per heavy atom. The van der Waals surface area contributed by atoms with Gasteiger partial charge in [0.05, 0.1) is 22.1 Å². The summed E-state index contributed by atoms with van der Waals surface area (Å²) in [4.78, 5) is 2.42. The van der Waals surface area contributed by atoms with E-state index in [1.54, 1.807) is 0 Å². The van der Waals surface area contributed by atoms with E-state index in [0.29, 0.717) is 0 Å². The van der Waals surface area contributed by atoms with Crippen LogP contribution in [0, 0.1) is 0 Å². The van der Waals surface area contributed by atoms with Gasteiger partial charge in [0.2, 0.25) is 0 Å². The van der Waals surface area contributed by atoms with Crippen LogP contribution in [-0.4, -0.2) is 9.13 Å². The summed E-state index contributed by atoms with van der Waals surface area (Å²) in [5.41, 5.74) is 18.2. The molecule has 0 amide bonds. The highest BCUT2D eigenvalue weighted by Gasteiger charge is 2.35. The molecule has 0 unspecified atom stereocenters. The smallest absolute Gasteiger partial charge is 0.0553 e. The van der Waals surface area contributed by atoms with E-state index in [0.717, 1.165) is 22.7 Å². The third kappa shape index (κ3) is 5.00. The van der Waals surface area contributed by atoms with Gasteiger partial charge < -0.3 is 14.0 Å². The van der Waals surface area contributed by atoms with Gasteiger partial charge in [-0.3, -0.25) is 0 Å². The molecular formula is C59H41N3. The molecule has 0 atom stereocenters. The van der Waals surface area contributed by atoms with Crippen molar-refractivity contribution in [1.82, 2.24) is 9.13 Å². The zero-order valence-electron chi connectivity index (χ0n) is 34.5. The average Bonchev–Trinajstić information content (AvgIpc) is 3.93. The summed E-state index contributed by atoms with van der Waals surface area (Å²) in [7, 11) is 0. The summed E-state index contributed by atoms with van der Waals surface area (Å²) in [6, 6.07) is 78.4. The molecule has 292 valence electrons. The maximum Gasteiger partial charge on any atom is 0.0553 e. The highest BCUT2D eigenvalue weighted by molar-refractivity contribution is 6.25. The Kier molecular flexibility index (Phi) is 7.36. The number of anilines is 3. The molecule has 3 heteroatoms. The molecule has 13 rings (SSSR count). The second-order valence-electron chi connectivity index (χ2n) is 17.4. The molecule has 0 aliphatic heterocycles. The van der Waals surface area contributed by atoms with Crippen LogP contribution in [0.25, 0.3) is 88.0 Å². The van der Waals surface area contributed by atoms with Crippen molar-refractivity contribution in [1.29, 1.82) is 0 Å². The van der Waals surface area contributed by atoms with Crippen LogP contribution in [0.2, 0.25) is 0 Å². The van der Waals surface area contributed by atoms with E-state index in [4.69, 9.17) is 0 Å². The van der Waals surface area contributed by atoms with Crippen LogP contribution in [-0.2, 0) is 5.41 Å². The highest BCUT2D eigenvalue weighted by atomic mass is 15.1. The molecule has 1 aliphatic carbocycles. The van der Waals surface area contributed by atoms with Crippen molar-refractivity contribution < 1.29 is 0 Å². The van der Waals surface area contributed by atoms with Crippen molar-refractivity contribution in [2.75, 3.05) is 4.90 Å². The van der Waals surface area contributed by atoms with Crippen LogP contribution in [0.15, 0.2) is 212 Å². The number of hydrogen-bond acceptors (Lipinski definition) is 1. The fraction of sp³-hybridized carbons (Fsp3) is 0.0508. The van der Waals surface area contributed by atoms with E-state index in [1.807, 2.05) is 0 Å². The molecule has 0 saturated carbocycles. The number of hydrogen-bond donors (Lipinski definition) is 0. The normalized spacial score (nSPS) is 13.1. The Bertz CT molecular complexity index is 3650. The molecule has 62 heavy (non-hydrogen) atoms. The molecular weight excluding hydrogens is 751 g/mol. The standard InChI is InChI=1S/C59H41N3/c1-59(2)51-19-9-6-16-47(51)48-34-33-46(37-52(48)59)60(44-29-31-45(32-30-44)61-53-20-10-7-17-49(53)50-18-8-11-21-54(50)61)43-27-25-38(26-28-43)41-35-40-24-23-39-13-12-22-55-57(39)58(40)56(36-41)62(55)42-14-4-3-5-15-42/h3-37H,1-2H3. The van der Waals surface area contributed by atoms with Crippen LogP contribution >= 0.6 is 0 Å². The summed E-state index contributed by atoms with van der Waals surface area (Å²) in [6.07, 6.45) is 0. The number of fused-ring (bicyclic) bond motifs is 6. The first-order valence-electron chi connectivity index (χ1n) is 21.6. The predicted octanol–water partition coefficient (Wildman–Crippen LogP) is 15.9. The Morgan fingerprint density at radius 3 is 1.68 bits per heavy atom. The third-order valence-corrected chi connectivity index (χ3v) is 13.6. The number of rotatable bonds is 6. The third-order valence-electron chi connectivity index (χ3n) is 13.6. The highest BCUT2D eigenvalue weighted by Crippen LogP contribution is 2.51. The van der Waals surface area contributed by atoms with Gasteiger partial charge in [0.15, 0.2) is 0 Å². The summed E-state index contributed by atoms with van der Waals surface area (Å²) < 4.78 is 4.82. The molecule has 12 aromatic rings. The fourth-order valence-corrected chi connectivity index (χ4v) is 10.7. The first kappa shape index (κ1) is 34.9. The molecule has 3 nitrogen and oxygen atoms in total. The zero-order chi connectivity index (χ0) is 41.1. The van der Waals surface area contributed by atoms with E-state index >= 15 is 0 Å². The lowest BCUT2D eigenvalue weighted by molar-refractivity contribution is 0.660. The molecule has 0 fully saturated rings. The average molecular weight is 792 g/mol. The van der Waals surface area contributed by atoms with Crippen molar-refractivity contribution in [2.24, 2.45) is 0 Å².